The van der Waals surface area contributed by atoms with E-state index in [1.54, 1.807) is 13.0 Å². The van der Waals surface area contributed by atoms with Crippen LogP contribution < -0.4 is 0 Å². The molecule has 2 aromatic rings. The van der Waals surface area contributed by atoms with E-state index in [-0.39, 0.29) is 5.97 Å². The van der Waals surface area contributed by atoms with Crippen molar-refractivity contribution in [3.05, 3.63) is 66.6 Å². The lowest BCUT2D eigenvalue weighted by Gasteiger charge is -2.09. The predicted octanol–water partition coefficient (Wildman–Crippen LogP) is 3.71. The van der Waals surface area contributed by atoms with Crippen molar-refractivity contribution in [3.63, 3.8) is 0 Å². The van der Waals surface area contributed by atoms with Crippen LogP contribution in [0.3, 0.4) is 0 Å². The molecule has 0 fully saturated rings. The van der Waals surface area contributed by atoms with Crippen LogP contribution in [0.5, 0.6) is 0 Å². The van der Waals surface area contributed by atoms with Gasteiger partial charge in [-0.2, -0.15) is 0 Å². The fraction of sp³-hybridized carbons (Fsp3) is 0.125. The van der Waals surface area contributed by atoms with Gasteiger partial charge in [-0.15, -0.1) is 0 Å². The van der Waals surface area contributed by atoms with Crippen LogP contribution in [0.2, 0.25) is 0 Å². The summed E-state index contributed by atoms with van der Waals surface area (Å²) in [6.45, 7) is 6.03. The van der Waals surface area contributed by atoms with Crippen LogP contribution in [0.1, 0.15) is 22.8 Å². The molecule has 0 heterocycles. The molecule has 0 saturated heterocycles. The molecular formula is C16H15O2. The molecule has 0 saturated carbocycles. The molecule has 0 bridgehead atoms. The maximum atomic E-state index is 11.9. The average molecular weight is 239 g/mol. The average Bonchev–Trinajstić information content (AvgIpc) is 2.40. The molecule has 18 heavy (non-hydrogen) atoms. The Morgan fingerprint density at radius 3 is 2.44 bits per heavy atom. The second-order valence-electron chi connectivity index (χ2n) is 3.96. The summed E-state index contributed by atoms with van der Waals surface area (Å²) in [7, 11) is 0. The van der Waals surface area contributed by atoms with E-state index in [1.165, 1.54) is 0 Å². The number of esters is 1. The number of ether oxygens (including phenoxy) is 1. The van der Waals surface area contributed by atoms with Crippen molar-refractivity contribution >= 4 is 5.97 Å². The Bertz CT molecular complexity index is 541. The minimum absolute atomic E-state index is 0.285. The van der Waals surface area contributed by atoms with Gasteiger partial charge in [0.2, 0.25) is 0 Å². The minimum atomic E-state index is -0.285. The van der Waals surface area contributed by atoms with E-state index in [4.69, 9.17) is 4.74 Å². The zero-order chi connectivity index (χ0) is 13.0. The second kappa shape index (κ2) is 5.50. The summed E-state index contributed by atoms with van der Waals surface area (Å²) in [6, 6.07) is 15.2. The van der Waals surface area contributed by atoms with E-state index in [0.29, 0.717) is 12.2 Å². The second-order valence-corrected chi connectivity index (χ2v) is 3.96. The van der Waals surface area contributed by atoms with Crippen molar-refractivity contribution in [1.82, 2.24) is 0 Å². The van der Waals surface area contributed by atoms with Crippen molar-refractivity contribution < 1.29 is 9.53 Å². The number of carbonyl (C=O) groups excluding carboxylic acids is 1. The Morgan fingerprint density at radius 1 is 1.11 bits per heavy atom. The first-order chi connectivity index (χ1) is 8.72. The van der Waals surface area contributed by atoms with Crippen LogP contribution >= 0.6 is 0 Å². The van der Waals surface area contributed by atoms with E-state index in [9.17, 15) is 4.79 Å². The molecular weight excluding hydrogens is 224 g/mol. The highest BCUT2D eigenvalue weighted by molar-refractivity contribution is 5.97. The topological polar surface area (TPSA) is 26.3 Å². The molecule has 91 valence electrons. The molecule has 0 aliphatic heterocycles. The summed E-state index contributed by atoms with van der Waals surface area (Å²) in [5.41, 5.74) is 3.42. The third-order valence-corrected chi connectivity index (χ3v) is 2.69. The largest absolute Gasteiger partial charge is 0.462 e. The van der Waals surface area contributed by atoms with Gasteiger partial charge in [-0.05, 0) is 36.6 Å². The Balaban J connectivity index is 2.44. The van der Waals surface area contributed by atoms with E-state index in [0.717, 1.165) is 16.7 Å². The molecule has 2 aromatic carbocycles. The summed E-state index contributed by atoms with van der Waals surface area (Å²) in [4.78, 5) is 11.9. The summed E-state index contributed by atoms with van der Waals surface area (Å²) < 4.78 is 5.06. The zero-order valence-electron chi connectivity index (χ0n) is 10.3. The van der Waals surface area contributed by atoms with Crippen molar-refractivity contribution in [1.29, 1.82) is 0 Å². The lowest BCUT2D eigenvalue weighted by molar-refractivity contribution is 0.0527. The summed E-state index contributed by atoms with van der Waals surface area (Å²) in [6.07, 6.45) is 0. The van der Waals surface area contributed by atoms with Gasteiger partial charge in [0.1, 0.15) is 0 Å². The van der Waals surface area contributed by atoms with Crippen molar-refractivity contribution in [2.45, 2.75) is 6.92 Å². The van der Waals surface area contributed by atoms with Crippen molar-refractivity contribution in [3.8, 4) is 11.1 Å². The Morgan fingerprint density at radius 2 is 1.78 bits per heavy atom. The Labute approximate surface area is 107 Å². The number of hydrogen-bond donors (Lipinski definition) is 0. The minimum Gasteiger partial charge on any atom is -0.462 e. The molecule has 2 rings (SSSR count). The number of hydrogen-bond acceptors (Lipinski definition) is 2. The smallest absolute Gasteiger partial charge is 0.338 e. The lowest BCUT2D eigenvalue weighted by Crippen LogP contribution is -2.06. The first kappa shape index (κ1) is 12.4. The third-order valence-electron chi connectivity index (χ3n) is 2.69. The van der Waals surface area contributed by atoms with E-state index in [1.807, 2.05) is 42.5 Å². The van der Waals surface area contributed by atoms with Crippen LogP contribution in [0.4, 0.5) is 0 Å². The quantitative estimate of drug-likeness (QED) is 0.763. The van der Waals surface area contributed by atoms with Gasteiger partial charge in [0.25, 0.3) is 0 Å². The van der Waals surface area contributed by atoms with Crippen LogP contribution in [0.15, 0.2) is 48.5 Å². The summed E-state index contributed by atoms with van der Waals surface area (Å²) in [5.74, 6) is -0.285. The van der Waals surface area contributed by atoms with Gasteiger partial charge < -0.3 is 4.74 Å². The number of benzene rings is 2. The van der Waals surface area contributed by atoms with Crippen LogP contribution in [0.25, 0.3) is 11.1 Å². The van der Waals surface area contributed by atoms with E-state index >= 15 is 0 Å². The Hall–Kier alpha value is -2.09. The third kappa shape index (κ3) is 2.59. The van der Waals surface area contributed by atoms with Gasteiger partial charge in [0.05, 0.1) is 12.2 Å². The molecule has 0 aliphatic rings. The normalized spacial score (nSPS) is 10.1. The van der Waals surface area contributed by atoms with Gasteiger partial charge in [-0.3, -0.25) is 0 Å². The molecule has 0 aliphatic carbocycles. The zero-order valence-corrected chi connectivity index (χ0v) is 10.3. The highest BCUT2D eigenvalue weighted by Crippen LogP contribution is 2.24. The van der Waals surface area contributed by atoms with Crippen LogP contribution in [-0.4, -0.2) is 12.6 Å². The van der Waals surface area contributed by atoms with Crippen molar-refractivity contribution in [2.75, 3.05) is 6.61 Å². The first-order valence-electron chi connectivity index (χ1n) is 5.91. The van der Waals surface area contributed by atoms with Gasteiger partial charge in [-0.25, -0.2) is 4.79 Å². The molecule has 0 spiro atoms. The number of rotatable bonds is 3. The molecule has 0 atom stereocenters. The molecule has 2 nitrogen and oxygen atoms in total. The fourth-order valence-corrected chi connectivity index (χ4v) is 1.81. The highest BCUT2D eigenvalue weighted by atomic mass is 16.5. The first-order valence-corrected chi connectivity index (χ1v) is 5.91. The lowest BCUT2D eigenvalue weighted by atomic mass is 9.99. The van der Waals surface area contributed by atoms with Crippen LogP contribution in [0, 0.1) is 6.92 Å². The summed E-state index contributed by atoms with van der Waals surface area (Å²) in [5, 5.41) is 0. The fourth-order valence-electron chi connectivity index (χ4n) is 1.81. The molecule has 0 unspecified atom stereocenters. The van der Waals surface area contributed by atoms with E-state index in [2.05, 4.69) is 6.92 Å². The standard InChI is InChI=1S/C16H15O2/c1-3-18-16(17)15-7-5-4-6-14(15)13-10-8-12(2)9-11-13/h4-11H,2-3H2,1H3. The maximum Gasteiger partial charge on any atom is 0.338 e. The van der Waals surface area contributed by atoms with Gasteiger partial charge in [-0.1, -0.05) is 42.5 Å². The SMILES string of the molecule is [CH2]c1ccc(-c2ccccc2C(=O)OCC)cc1. The molecule has 2 heteroatoms. The van der Waals surface area contributed by atoms with Gasteiger partial charge in [0.15, 0.2) is 0 Å². The predicted molar refractivity (Wildman–Crippen MR) is 72.3 cm³/mol. The number of carbonyl (C=O) groups is 1. The molecule has 1 radical (unpaired) electrons. The Kier molecular flexibility index (Phi) is 3.78. The monoisotopic (exact) mass is 239 g/mol. The van der Waals surface area contributed by atoms with E-state index < -0.39 is 0 Å². The van der Waals surface area contributed by atoms with Crippen molar-refractivity contribution in [2.24, 2.45) is 0 Å². The summed E-state index contributed by atoms with van der Waals surface area (Å²) >= 11 is 0. The molecule has 0 aromatic heterocycles. The molecule has 0 amide bonds. The van der Waals surface area contributed by atoms with Gasteiger partial charge >= 0.3 is 5.97 Å². The van der Waals surface area contributed by atoms with Crippen LogP contribution in [-0.2, 0) is 4.74 Å². The highest BCUT2D eigenvalue weighted by Gasteiger charge is 2.12. The molecule has 0 N–H and O–H groups in total. The maximum absolute atomic E-state index is 11.9. The van der Waals surface area contributed by atoms with Gasteiger partial charge in [0, 0.05) is 0 Å².